The molecule has 132 valence electrons. The predicted molar refractivity (Wildman–Crippen MR) is 108 cm³/mol. The van der Waals surface area contributed by atoms with E-state index in [9.17, 15) is 0 Å². The summed E-state index contributed by atoms with van der Waals surface area (Å²) >= 11 is 17.2. The van der Waals surface area contributed by atoms with Gasteiger partial charge >= 0.3 is 0 Å². The van der Waals surface area contributed by atoms with Crippen molar-refractivity contribution in [1.82, 2.24) is 5.43 Å². The van der Waals surface area contributed by atoms with Crippen LogP contribution in [0.1, 0.15) is 12.5 Å². The molecule has 0 atom stereocenters. The van der Waals surface area contributed by atoms with Gasteiger partial charge in [-0.2, -0.15) is 5.10 Å². The summed E-state index contributed by atoms with van der Waals surface area (Å²) in [6.45, 7) is 1.84. The molecule has 0 aliphatic rings. The number of rotatable bonds is 5. The first-order valence-electron chi connectivity index (χ1n) is 7.23. The zero-order valence-electron chi connectivity index (χ0n) is 13.9. The van der Waals surface area contributed by atoms with Gasteiger partial charge in [-0.05, 0) is 49.5 Å². The molecule has 2 N–H and O–H groups in total. The Kier molecular flexibility index (Phi) is 6.87. The molecule has 0 saturated carbocycles. The first-order chi connectivity index (χ1) is 11.9. The van der Waals surface area contributed by atoms with E-state index in [-0.39, 0.29) is 0 Å². The lowest BCUT2D eigenvalue weighted by atomic mass is 10.1. The van der Waals surface area contributed by atoms with Crippen LogP contribution in [0.15, 0.2) is 41.5 Å². The van der Waals surface area contributed by atoms with Gasteiger partial charge in [-0.3, -0.25) is 5.43 Å². The van der Waals surface area contributed by atoms with E-state index in [1.807, 2.05) is 19.1 Å². The van der Waals surface area contributed by atoms with Crippen molar-refractivity contribution in [1.29, 1.82) is 0 Å². The minimum Gasteiger partial charge on any atom is -0.497 e. The molecular weight excluding hydrogens is 381 g/mol. The number of ether oxygens (including phenoxy) is 2. The second-order valence-electron chi connectivity index (χ2n) is 4.95. The van der Waals surface area contributed by atoms with Gasteiger partial charge in [-0.1, -0.05) is 23.2 Å². The molecule has 0 aromatic heterocycles. The molecule has 0 aliphatic heterocycles. The third kappa shape index (κ3) is 5.22. The Hall–Kier alpha value is -2.02. The fourth-order valence-electron chi connectivity index (χ4n) is 2.03. The molecule has 2 aromatic rings. The summed E-state index contributed by atoms with van der Waals surface area (Å²) in [6, 6.07) is 10.6. The Morgan fingerprint density at radius 1 is 1.08 bits per heavy atom. The maximum Gasteiger partial charge on any atom is 0.191 e. The SMILES string of the molecule is COc1ccc(/C(C)=N\NC(=S)Nc2ccc(Cl)cc2Cl)c(OC)c1. The largest absolute Gasteiger partial charge is 0.497 e. The zero-order chi connectivity index (χ0) is 18.4. The van der Waals surface area contributed by atoms with Gasteiger partial charge in [0.25, 0.3) is 0 Å². The fourth-order valence-corrected chi connectivity index (χ4v) is 2.64. The van der Waals surface area contributed by atoms with Gasteiger partial charge in [0, 0.05) is 16.7 Å². The van der Waals surface area contributed by atoms with Crippen molar-refractivity contribution in [2.24, 2.45) is 5.10 Å². The second-order valence-corrected chi connectivity index (χ2v) is 6.21. The number of thiocarbonyl (C=S) groups is 1. The third-order valence-electron chi connectivity index (χ3n) is 3.30. The van der Waals surface area contributed by atoms with Crippen LogP contribution in [-0.2, 0) is 0 Å². The van der Waals surface area contributed by atoms with E-state index in [1.165, 1.54) is 0 Å². The number of benzene rings is 2. The molecule has 0 spiro atoms. The average molecular weight is 398 g/mol. The fraction of sp³-hybridized carbons (Fsp3) is 0.176. The molecular formula is C17H17Cl2N3O2S. The lowest BCUT2D eigenvalue weighted by molar-refractivity contribution is 0.394. The van der Waals surface area contributed by atoms with E-state index in [0.29, 0.717) is 38.1 Å². The molecule has 0 unspecified atom stereocenters. The monoisotopic (exact) mass is 397 g/mol. The lowest BCUT2D eigenvalue weighted by Crippen LogP contribution is -2.25. The zero-order valence-corrected chi connectivity index (χ0v) is 16.2. The van der Waals surface area contributed by atoms with E-state index in [4.69, 9.17) is 44.9 Å². The smallest absolute Gasteiger partial charge is 0.191 e. The number of nitrogens with one attached hydrogen (secondary N) is 2. The lowest BCUT2D eigenvalue weighted by Gasteiger charge is -2.12. The van der Waals surface area contributed by atoms with Gasteiger partial charge in [-0.25, -0.2) is 0 Å². The average Bonchev–Trinajstić information content (AvgIpc) is 2.61. The van der Waals surface area contributed by atoms with Crippen LogP contribution in [0.2, 0.25) is 10.0 Å². The van der Waals surface area contributed by atoms with Crippen molar-refractivity contribution in [3.8, 4) is 11.5 Å². The van der Waals surface area contributed by atoms with Crippen LogP contribution in [0.3, 0.4) is 0 Å². The van der Waals surface area contributed by atoms with E-state index in [2.05, 4.69) is 15.8 Å². The molecule has 2 rings (SSSR count). The molecule has 0 saturated heterocycles. The van der Waals surface area contributed by atoms with Crippen molar-refractivity contribution >= 4 is 51.9 Å². The van der Waals surface area contributed by atoms with Gasteiger partial charge < -0.3 is 14.8 Å². The van der Waals surface area contributed by atoms with Crippen molar-refractivity contribution in [2.45, 2.75) is 6.92 Å². The number of methoxy groups -OCH3 is 2. The second kappa shape index (κ2) is 8.89. The van der Waals surface area contributed by atoms with E-state index in [0.717, 1.165) is 5.56 Å². The molecule has 0 bridgehead atoms. The van der Waals surface area contributed by atoms with Gasteiger partial charge in [0.15, 0.2) is 5.11 Å². The molecule has 0 heterocycles. The minimum absolute atomic E-state index is 0.302. The van der Waals surface area contributed by atoms with Crippen LogP contribution in [0, 0.1) is 0 Å². The highest BCUT2D eigenvalue weighted by Crippen LogP contribution is 2.26. The topological polar surface area (TPSA) is 54.9 Å². The van der Waals surface area contributed by atoms with Gasteiger partial charge in [0.05, 0.1) is 30.6 Å². The van der Waals surface area contributed by atoms with E-state index in [1.54, 1.807) is 38.5 Å². The van der Waals surface area contributed by atoms with Crippen LogP contribution in [-0.4, -0.2) is 25.0 Å². The van der Waals surface area contributed by atoms with Crippen LogP contribution in [0.5, 0.6) is 11.5 Å². The van der Waals surface area contributed by atoms with Gasteiger partial charge in [-0.15, -0.1) is 0 Å². The molecule has 0 radical (unpaired) electrons. The first kappa shape index (κ1) is 19.3. The summed E-state index contributed by atoms with van der Waals surface area (Å²) in [6.07, 6.45) is 0. The van der Waals surface area contributed by atoms with E-state index >= 15 is 0 Å². The quantitative estimate of drug-likeness (QED) is 0.434. The molecule has 0 aliphatic carbocycles. The number of hydrazone groups is 1. The van der Waals surface area contributed by atoms with Crippen LogP contribution < -0.4 is 20.2 Å². The number of nitrogens with zero attached hydrogens (tertiary/aromatic N) is 1. The molecule has 8 heteroatoms. The van der Waals surface area contributed by atoms with Crippen LogP contribution in [0.4, 0.5) is 5.69 Å². The maximum absolute atomic E-state index is 6.10. The van der Waals surface area contributed by atoms with Crippen molar-refractivity contribution < 1.29 is 9.47 Å². The standard InChI is InChI=1S/C17H17Cl2N3O2S/c1-10(13-6-5-12(23-2)9-16(13)24-3)21-22-17(25)20-15-7-4-11(18)8-14(15)19/h4-9H,1-3H3,(H2,20,22,25)/b21-10-. The van der Waals surface area contributed by atoms with Crippen molar-refractivity contribution in [2.75, 3.05) is 19.5 Å². The van der Waals surface area contributed by atoms with Crippen molar-refractivity contribution in [3.63, 3.8) is 0 Å². The minimum atomic E-state index is 0.302. The third-order valence-corrected chi connectivity index (χ3v) is 4.04. The maximum atomic E-state index is 6.10. The van der Waals surface area contributed by atoms with Gasteiger partial charge in [0.2, 0.25) is 0 Å². The molecule has 0 fully saturated rings. The summed E-state index contributed by atoms with van der Waals surface area (Å²) in [5, 5.41) is 8.56. The number of hydrogen-bond acceptors (Lipinski definition) is 4. The summed E-state index contributed by atoms with van der Waals surface area (Å²) in [7, 11) is 3.19. The summed E-state index contributed by atoms with van der Waals surface area (Å²) in [5.74, 6) is 1.36. The Morgan fingerprint density at radius 2 is 1.84 bits per heavy atom. The molecule has 25 heavy (non-hydrogen) atoms. The number of anilines is 1. The van der Waals surface area contributed by atoms with Crippen LogP contribution in [0.25, 0.3) is 0 Å². The Labute approximate surface area is 161 Å². The van der Waals surface area contributed by atoms with Crippen LogP contribution >= 0.6 is 35.4 Å². The highest BCUT2D eigenvalue weighted by Gasteiger charge is 2.09. The van der Waals surface area contributed by atoms with E-state index < -0.39 is 0 Å². The van der Waals surface area contributed by atoms with Gasteiger partial charge in [0.1, 0.15) is 11.5 Å². The molecule has 2 aromatic carbocycles. The van der Waals surface area contributed by atoms with Crippen molar-refractivity contribution in [3.05, 3.63) is 52.0 Å². The number of hydrogen-bond donors (Lipinski definition) is 2. The summed E-state index contributed by atoms with van der Waals surface area (Å²) < 4.78 is 10.6. The highest BCUT2D eigenvalue weighted by molar-refractivity contribution is 7.80. The summed E-state index contributed by atoms with van der Waals surface area (Å²) in [4.78, 5) is 0. The molecule has 0 amide bonds. The predicted octanol–water partition coefficient (Wildman–Crippen LogP) is 4.72. The summed E-state index contributed by atoms with van der Waals surface area (Å²) in [5.41, 5.74) is 4.94. The number of halogens is 2. The Bertz CT molecular complexity index is 812. The Morgan fingerprint density at radius 3 is 2.48 bits per heavy atom. The highest BCUT2D eigenvalue weighted by atomic mass is 35.5. The first-order valence-corrected chi connectivity index (χ1v) is 8.39. The normalized spacial score (nSPS) is 11.0. The Balaban J connectivity index is 2.09. The molecule has 5 nitrogen and oxygen atoms in total.